The van der Waals surface area contributed by atoms with Crippen LogP contribution in [0.25, 0.3) is 0 Å². The molecule has 0 aromatic heterocycles. The Labute approximate surface area is 116 Å². The maximum atomic E-state index is 11.6. The van der Waals surface area contributed by atoms with Crippen LogP contribution in [0.5, 0.6) is 11.5 Å². The van der Waals surface area contributed by atoms with Crippen molar-refractivity contribution < 1.29 is 23.7 Å². The lowest BCUT2D eigenvalue weighted by atomic mass is 10.2. The van der Waals surface area contributed by atoms with Gasteiger partial charge in [0, 0.05) is 6.07 Å². The van der Waals surface area contributed by atoms with Crippen LogP contribution in [-0.4, -0.2) is 32.7 Å². The molecule has 106 valence electrons. The van der Waals surface area contributed by atoms with Crippen molar-refractivity contribution in [2.45, 2.75) is 6.92 Å². The summed E-state index contributed by atoms with van der Waals surface area (Å²) in [4.78, 5) is 15.7. The summed E-state index contributed by atoms with van der Waals surface area (Å²) < 4.78 is 20.5. The molecule has 1 aliphatic heterocycles. The Bertz CT molecular complexity index is 577. The lowest BCUT2D eigenvalue weighted by Gasteiger charge is -2.08. The molecule has 20 heavy (non-hydrogen) atoms. The van der Waals surface area contributed by atoms with Crippen LogP contribution in [0.1, 0.15) is 12.5 Å². The highest BCUT2D eigenvalue weighted by Crippen LogP contribution is 2.28. The van der Waals surface area contributed by atoms with Gasteiger partial charge in [0.1, 0.15) is 17.8 Å². The van der Waals surface area contributed by atoms with Crippen molar-refractivity contribution in [2.75, 3.05) is 20.8 Å². The van der Waals surface area contributed by atoms with Crippen LogP contribution < -0.4 is 9.47 Å². The lowest BCUT2D eigenvalue weighted by Crippen LogP contribution is -2.07. The van der Waals surface area contributed by atoms with Crippen molar-refractivity contribution in [2.24, 2.45) is 4.99 Å². The molecule has 0 bridgehead atoms. The first kappa shape index (κ1) is 13.9. The number of benzene rings is 1. The number of hydrogen-bond acceptors (Lipinski definition) is 6. The third-order valence-corrected chi connectivity index (χ3v) is 2.62. The maximum absolute atomic E-state index is 11.6. The van der Waals surface area contributed by atoms with Crippen LogP contribution in [0, 0.1) is 0 Å². The Morgan fingerprint density at radius 3 is 2.75 bits per heavy atom. The second-order valence-corrected chi connectivity index (χ2v) is 3.83. The predicted molar refractivity (Wildman–Crippen MR) is 71.9 cm³/mol. The lowest BCUT2D eigenvalue weighted by molar-refractivity contribution is -0.130. The standard InChI is InChI=1S/C14H15NO5/c1-4-19-8-11-14(16)20-13(15-11)10-6-5-9(17-2)7-12(10)18-3/h5-8H,4H2,1-3H3/b11-8+. The van der Waals surface area contributed by atoms with Crippen molar-refractivity contribution in [3.05, 3.63) is 35.7 Å². The average Bonchev–Trinajstić information content (AvgIpc) is 2.85. The first-order valence-electron chi connectivity index (χ1n) is 6.04. The Balaban J connectivity index is 2.35. The molecular weight excluding hydrogens is 262 g/mol. The monoisotopic (exact) mass is 277 g/mol. The minimum Gasteiger partial charge on any atom is -0.499 e. The fraction of sp³-hybridized carbons (Fsp3) is 0.286. The quantitative estimate of drug-likeness (QED) is 0.467. The van der Waals surface area contributed by atoms with E-state index < -0.39 is 5.97 Å². The Morgan fingerprint density at radius 1 is 1.30 bits per heavy atom. The number of hydrogen-bond donors (Lipinski definition) is 0. The molecule has 6 nitrogen and oxygen atoms in total. The number of rotatable bonds is 5. The summed E-state index contributed by atoms with van der Waals surface area (Å²) in [5.41, 5.74) is 0.696. The molecular formula is C14H15NO5. The zero-order chi connectivity index (χ0) is 14.5. The summed E-state index contributed by atoms with van der Waals surface area (Å²) in [6, 6.07) is 5.14. The molecule has 0 spiro atoms. The topological polar surface area (TPSA) is 66.3 Å². The molecule has 0 radical (unpaired) electrons. The van der Waals surface area contributed by atoms with Gasteiger partial charge >= 0.3 is 5.97 Å². The van der Waals surface area contributed by atoms with E-state index in [2.05, 4.69) is 4.99 Å². The predicted octanol–water partition coefficient (Wildman–Crippen LogP) is 1.89. The molecule has 2 rings (SSSR count). The van der Waals surface area contributed by atoms with Crippen molar-refractivity contribution in [3.63, 3.8) is 0 Å². The van der Waals surface area contributed by atoms with E-state index in [0.717, 1.165) is 0 Å². The Kier molecular flexibility index (Phi) is 4.24. The molecule has 0 unspecified atom stereocenters. The van der Waals surface area contributed by atoms with Gasteiger partial charge in [0.25, 0.3) is 0 Å². The van der Waals surface area contributed by atoms with E-state index in [4.69, 9.17) is 18.9 Å². The normalized spacial score (nSPS) is 15.8. The van der Waals surface area contributed by atoms with E-state index >= 15 is 0 Å². The van der Waals surface area contributed by atoms with Crippen molar-refractivity contribution in [1.29, 1.82) is 0 Å². The van der Waals surface area contributed by atoms with Gasteiger partial charge in [0.05, 0.1) is 26.4 Å². The van der Waals surface area contributed by atoms with Crippen LogP contribution in [0.4, 0.5) is 0 Å². The highest BCUT2D eigenvalue weighted by Gasteiger charge is 2.26. The third kappa shape index (κ3) is 2.74. The van der Waals surface area contributed by atoms with E-state index in [1.54, 1.807) is 25.3 Å². The van der Waals surface area contributed by atoms with Gasteiger partial charge in [0.15, 0.2) is 5.70 Å². The van der Waals surface area contributed by atoms with Crippen molar-refractivity contribution in [3.8, 4) is 11.5 Å². The molecule has 0 atom stereocenters. The van der Waals surface area contributed by atoms with Gasteiger partial charge in [-0.05, 0) is 19.1 Å². The van der Waals surface area contributed by atoms with Crippen LogP contribution in [-0.2, 0) is 14.3 Å². The second kappa shape index (κ2) is 6.10. The number of carbonyl (C=O) groups excluding carboxylic acids is 1. The van der Waals surface area contributed by atoms with Gasteiger partial charge < -0.3 is 18.9 Å². The zero-order valence-corrected chi connectivity index (χ0v) is 11.5. The van der Waals surface area contributed by atoms with Crippen LogP contribution in [0.2, 0.25) is 0 Å². The molecule has 1 aromatic rings. The minimum absolute atomic E-state index is 0.125. The number of ether oxygens (including phenoxy) is 4. The minimum atomic E-state index is -0.550. The van der Waals surface area contributed by atoms with E-state index in [-0.39, 0.29) is 11.6 Å². The van der Waals surface area contributed by atoms with E-state index in [1.165, 1.54) is 13.4 Å². The number of carbonyl (C=O) groups is 1. The summed E-state index contributed by atoms with van der Waals surface area (Å²) in [6.07, 6.45) is 1.28. The smallest absolute Gasteiger partial charge is 0.367 e. The highest BCUT2D eigenvalue weighted by atomic mass is 16.6. The number of esters is 1. The number of cyclic esters (lactones) is 1. The molecule has 6 heteroatoms. The largest absolute Gasteiger partial charge is 0.499 e. The molecule has 1 heterocycles. The summed E-state index contributed by atoms with van der Waals surface area (Å²) in [5.74, 6) is 0.779. The average molecular weight is 277 g/mol. The Hall–Kier alpha value is -2.50. The first-order valence-corrected chi connectivity index (χ1v) is 6.04. The molecule has 0 amide bonds. The maximum Gasteiger partial charge on any atom is 0.367 e. The third-order valence-electron chi connectivity index (χ3n) is 2.62. The number of methoxy groups -OCH3 is 2. The summed E-state index contributed by atoms with van der Waals surface area (Å²) in [6.45, 7) is 2.27. The van der Waals surface area contributed by atoms with Crippen molar-refractivity contribution in [1.82, 2.24) is 0 Å². The Morgan fingerprint density at radius 2 is 2.10 bits per heavy atom. The van der Waals surface area contributed by atoms with E-state index in [9.17, 15) is 4.79 Å². The van der Waals surface area contributed by atoms with Gasteiger partial charge in [-0.2, -0.15) is 0 Å². The molecule has 0 saturated carbocycles. The van der Waals surface area contributed by atoms with Gasteiger partial charge in [-0.1, -0.05) is 0 Å². The molecule has 1 aliphatic rings. The SMILES string of the molecule is CCO/C=C1/N=C(c2ccc(OC)cc2OC)OC1=O. The molecule has 0 aliphatic carbocycles. The highest BCUT2D eigenvalue weighted by molar-refractivity contribution is 6.12. The molecule has 0 N–H and O–H groups in total. The van der Waals surface area contributed by atoms with Gasteiger partial charge in [0.2, 0.25) is 5.90 Å². The molecule has 1 aromatic carbocycles. The van der Waals surface area contributed by atoms with E-state index in [1.807, 2.05) is 6.92 Å². The first-order chi connectivity index (χ1) is 9.69. The van der Waals surface area contributed by atoms with Crippen molar-refractivity contribution >= 4 is 11.9 Å². The number of aliphatic imine (C=N–C) groups is 1. The summed E-state index contributed by atoms with van der Waals surface area (Å²) in [7, 11) is 3.08. The van der Waals surface area contributed by atoms with E-state index in [0.29, 0.717) is 23.7 Å². The van der Waals surface area contributed by atoms with Crippen LogP contribution in [0.15, 0.2) is 35.2 Å². The zero-order valence-electron chi connectivity index (χ0n) is 11.5. The van der Waals surface area contributed by atoms with Crippen LogP contribution in [0.3, 0.4) is 0 Å². The fourth-order valence-electron chi connectivity index (χ4n) is 1.65. The number of nitrogens with zero attached hydrogens (tertiary/aromatic N) is 1. The second-order valence-electron chi connectivity index (χ2n) is 3.83. The van der Waals surface area contributed by atoms with Crippen LogP contribution >= 0.6 is 0 Å². The van der Waals surface area contributed by atoms with Gasteiger partial charge in [-0.25, -0.2) is 9.79 Å². The van der Waals surface area contributed by atoms with Gasteiger partial charge in [-0.15, -0.1) is 0 Å². The summed E-state index contributed by atoms with van der Waals surface area (Å²) >= 11 is 0. The molecule has 0 saturated heterocycles. The molecule has 0 fully saturated rings. The van der Waals surface area contributed by atoms with Gasteiger partial charge in [-0.3, -0.25) is 0 Å². The fourth-order valence-corrected chi connectivity index (χ4v) is 1.65. The summed E-state index contributed by atoms with van der Waals surface area (Å²) in [5, 5.41) is 0.